The van der Waals surface area contributed by atoms with Crippen molar-refractivity contribution >= 4 is 72.7 Å². The molecule has 0 radical (unpaired) electrons. The Kier molecular flexibility index (Phi) is 5.46. The molecule has 5 nitrogen and oxygen atoms in total. The quantitative estimate of drug-likeness (QED) is 0.226. The van der Waals surface area contributed by atoms with E-state index in [9.17, 15) is 9.59 Å². The SMILES string of the molecule is CCN1C(=O)/C(=C/c2nc3ccc(I)cc3c(=O)n2-c2ccccc2)c2cc(Br)ccc21. The normalized spacial score (nSPS) is 14.4. The topological polar surface area (TPSA) is 55.2 Å². The second kappa shape index (κ2) is 8.29. The first kappa shape index (κ1) is 21.1. The Balaban J connectivity index is 1.83. The fourth-order valence-corrected chi connectivity index (χ4v) is 4.86. The van der Waals surface area contributed by atoms with Crippen LogP contribution in [0.1, 0.15) is 18.3 Å². The third kappa shape index (κ3) is 3.49. The van der Waals surface area contributed by atoms with Crippen molar-refractivity contribution in [1.82, 2.24) is 9.55 Å². The van der Waals surface area contributed by atoms with Crippen LogP contribution >= 0.6 is 38.5 Å². The van der Waals surface area contributed by atoms with E-state index in [4.69, 9.17) is 4.98 Å². The molecule has 0 unspecified atom stereocenters. The van der Waals surface area contributed by atoms with Gasteiger partial charge in [0.2, 0.25) is 0 Å². The van der Waals surface area contributed by atoms with Gasteiger partial charge in [0.05, 0.1) is 27.9 Å². The number of rotatable bonds is 3. The summed E-state index contributed by atoms with van der Waals surface area (Å²) < 4.78 is 3.42. The van der Waals surface area contributed by atoms with Gasteiger partial charge in [-0.1, -0.05) is 34.1 Å². The molecule has 7 heteroatoms. The minimum Gasteiger partial charge on any atom is -0.308 e. The average molecular weight is 598 g/mol. The summed E-state index contributed by atoms with van der Waals surface area (Å²) in [5, 5.41) is 0.541. The molecule has 1 aliphatic heterocycles. The largest absolute Gasteiger partial charge is 0.308 e. The van der Waals surface area contributed by atoms with Gasteiger partial charge >= 0.3 is 0 Å². The molecule has 1 amide bonds. The Morgan fingerprint density at radius 1 is 1.03 bits per heavy atom. The van der Waals surface area contributed by atoms with Gasteiger partial charge in [-0.25, -0.2) is 4.98 Å². The molecular formula is C25H17BrIN3O2. The zero-order chi connectivity index (χ0) is 22.4. The summed E-state index contributed by atoms with van der Waals surface area (Å²) in [5.41, 5.74) is 3.33. The number of amides is 1. The number of hydrogen-bond donors (Lipinski definition) is 0. The molecule has 0 bridgehead atoms. The molecule has 0 saturated carbocycles. The van der Waals surface area contributed by atoms with Gasteiger partial charge in [0.1, 0.15) is 5.82 Å². The maximum Gasteiger partial charge on any atom is 0.266 e. The second-order valence-electron chi connectivity index (χ2n) is 7.38. The number of anilines is 1. The number of fused-ring (bicyclic) bond motifs is 2. The van der Waals surface area contributed by atoms with Gasteiger partial charge < -0.3 is 4.90 Å². The molecule has 3 aromatic carbocycles. The van der Waals surface area contributed by atoms with Crippen molar-refractivity contribution in [2.45, 2.75) is 6.92 Å². The minimum absolute atomic E-state index is 0.0998. The van der Waals surface area contributed by atoms with E-state index in [0.717, 1.165) is 19.3 Å². The summed E-state index contributed by atoms with van der Waals surface area (Å²) in [5.74, 6) is 0.319. The lowest BCUT2D eigenvalue weighted by molar-refractivity contribution is -0.112. The molecule has 0 atom stereocenters. The van der Waals surface area contributed by atoms with E-state index in [2.05, 4.69) is 38.5 Å². The standard InChI is InChI=1S/C25H17BrIN3O2/c1-2-29-22-11-8-15(26)12-18(22)19(24(29)31)14-23-28-21-10-9-16(27)13-20(21)25(32)30(23)17-6-4-3-5-7-17/h3-14H,2H2,1H3/b19-14+. The van der Waals surface area contributed by atoms with Crippen molar-refractivity contribution in [2.24, 2.45) is 0 Å². The third-order valence-electron chi connectivity index (χ3n) is 5.48. The number of halogens is 2. The van der Waals surface area contributed by atoms with Crippen molar-refractivity contribution in [3.8, 4) is 5.69 Å². The zero-order valence-corrected chi connectivity index (χ0v) is 20.8. The molecule has 4 aromatic rings. The predicted octanol–water partition coefficient (Wildman–Crippen LogP) is 5.66. The highest BCUT2D eigenvalue weighted by atomic mass is 127. The molecule has 0 N–H and O–H groups in total. The molecule has 0 spiro atoms. The van der Waals surface area contributed by atoms with Gasteiger partial charge in [-0.05, 0) is 84.1 Å². The van der Waals surface area contributed by atoms with Crippen LogP contribution in [0.5, 0.6) is 0 Å². The van der Waals surface area contributed by atoms with E-state index in [1.54, 1.807) is 15.5 Å². The van der Waals surface area contributed by atoms with Crippen LogP contribution in [-0.2, 0) is 4.79 Å². The van der Waals surface area contributed by atoms with Crippen LogP contribution in [0.2, 0.25) is 0 Å². The van der Waals surface area contributed by atoms with E-state index in [1.165, 1.54) is 0 Å². The molecule has 1 aromatic heterocycles. The van der Waals surface area contributed by atoms with Crippen LogP contribution in [0.3, 0.4) is 0 Å². The molecule has 0 saturated heterocycles. The number of carbonyl (C=O) groups excluding carboxylic acids is 1. The van der Waals surface area contributed by atoms with E-state index in [0.29, 0.717) is 34.5 Å². The fourth-order valence-electron chi connectivity index (χ4n) is 4.01. The van der Waals surface area contributed by atoms with Crippen LogP contribution in [0, 0.1) is 3.57 Å². The van der Waals surface area contributed by atoms with Crippen molar-refractivity contribution < 1.29 is 4.79 Å². The van der Waals surface area contributed by atoms with Crippen LogP contribution in [0.4, 0.5) is 5.69 Å². The molecule has 5 rings (SSSR count). The molecule has 2 heterocycles. The highest BCUT2D eigenvalue weighted by Gasteiger charge is 2.32. The molecule has 32 heavy (non-hydrogen) atoms. The van der Waals surface area contributed by atoms with Crippen LogP contribution in [-0.4, -0.2) is 22.0 Å². The number of benzene rings is 3. The monoisotopic (exact) mass is 597 g/mol. The summed E-state index contributed by atoms with van der Waals surface area (Å²) >= 11 is 5.70. The molecule has 1 aliphatic rings. The van der Waals surface area contributed by atoms with Gasteiger partial charge in [-0.2, -0.15) is 0 Å². The Morgan fingerprint density at radius 2 is 1.81 bits per heavy atom. The molecule has 158 valence electrons. The lowest BCUT2D eigenvalue weighted by Crippen LogP contribution is -2.26. The van der Waals surface area contributed by atoms with E-state index < -0.39 is 0 Å². The van der Waals surface area contributed by atoms with Crippen LogP contribution < -0.4 is 10.5 Å². The van der Waals surface area contributed by atoms with Gasteiger partial charge in [0.15, 0.2) is 0 Å². The van der Waals surface area contributed by atoms with Crippen molar-refractivity contribution in [3.05, 3.63) is 96.5 Å². The smallest absolute Gasteiger partial charge is 0.266 e. The third-order valence-corrected chi connectivity index (χ3v) is 6.64. The first-order chi connectivity index (χ1) is 15.5. The number of carbonyl (C=O) groups is 1. The lowest BCUT2D eigenvalue weighted by Gasteiger charge is -2.14. The minimum atomic E-state index is -0.168. The van der Waals surface area contributed by atoms with E-state index in [-0.39, 0.29) is 11.5 Å². The Labute approximate surface area is 206 Å². The number of para-hydroxylation sites is 1. The Hall–Kier alpha value is -2.78. The predicted molar refractivity (Wildman–Crippen MR) is 140 cm³/mol. The average Bonchev–Trinajstić information content (AvgIpc) is 3.05. The lowest BCUT2D eigenvalue weighted by atomic mass is 10.1. The first-order valence-electron chi connectivity index (χ1n) is 10.1. The van der Waals surface area contributed by atoms with E-state index >= 15 is 0 Å². The van der Waals surface area contributed by atoms with Crippen molar-refractivity contribution in [1.29, 1.82) is 0 Å². The Bertz CT molecular complexity index is 1480. The highest BCUT2D eigenvalue weighted by Crippen LogP contribution is 2.39. The number of hydrogen-bond acceptors (Lipinski definition) is 3. The number of likely N-dealkylation sites (N-methyl/N-ethyl adjacent to an activating group) is 1. The summed E-state index contributed by atoms with van der Waals surface area (Å²) in [6.45, 7) is 2.50. The summed E-state index contributed by atoms with van der Waals surface area (Å²) in [4.78, 5) is 33.4. The molecule has 0 fully saturated rings. The highest BCUT2D eigenvalue weighted by molar-refractivity contribution is 14.1. The van der Waals surface area contributed by atoms with Gasteiger partial charge in [-0.3, -0.25) is 14.2 Å². The van der Waals surface area contributed by atoms with Gasteiger partial charge in [0.25, 0.3) is 11.5 Å². The van der Waals surface area contributed by atoms with E-state index in [1.807, 2.05) is 73.7 Å². The van der Waals surface area contributed by atoms with Gasteiger partial charge in [0, 0.05) is 20.2 Å². The molecule has 0 aliphatic carbocycles. The second-order valence-corrected chi connectivity index (χ2v) is 9.54. The summed E-state index contributed by atoms with van der Waals surface area (Å²) in [7, 11) is 0. The van der Waals surface area contributed by atoms with Crippen LogP contribution in [0.15, 0.2) is 76.0 Å². The number of aromatic nitrogens is 2. The van der Waals surface area contributed by atoms with Gasteiger partial charge in [-0.15, -0.1) is 0 Å². The van der Waals surface area contributed by atoms with Crippen molar-refractivity contribution in [3.63, 3.8) is 0 Å². The molecular weight excluding hydrogens is 581 g/mol. The van der Waals surface area contributed by atoms with Crippen LogP contribution in [0.25, 0.3) is 28.2 Å². The zero-order valence-electron chi connectivity index (χ0n) is 17.0. The fraction of sp³-hybridized carbons (Fsp3) is 0.0800. The maximum absolute atomic E-state index is 13.6. The summed E-state index contributed by atoms with van der Waals surface area (Å²) in [6, 6.07) is 20.8. The number of nitrogens with zero attached hydrogens (tertiary/aromatic N) is 3. The van der Waals surface area contributed by atoms with Crippen molar-refractivity contribution in [2.75, 3.05) is 11.4 Å². The summed E-state index contributed by atoms with van der Waals surface area (Å²) in [6.07, 6.45) is 1.73. The maximum atomic E-state index is 13.6. The first-order valence-corrected chi connectivity index (χ1v) is 12.0. The Morgan fingerprint density at radius 3 is 2.56 bits per heavy atom.